The molecule has 2 N–H and O–H groups in total. The van der Waals surface area contributed by atoms with Gasteiger partial charge in [-0.25, -0.2) is 8.42 Å². The van der Waals surface area contributed by atoms with Crippen molar-refractivity contribution in [2.24, 2.45) is 28.7 Å². The monoisotopic (exact) mass is 369 g/mol. The molecule has 2 saturated carbocycles. The van der Waals surface area contributed by atoms with Crippen molar-refractivity contribution >= 4 is 15.8 Å². The van der Waals surface area contributed by atoms with Gasteiger partial charge in [0.15, 0.2) is 15.8 Å². The van der Waals surface area contributed by atoms with Gasteiger partial charge in [0.2, 0.25) is 0 Å². The summed E-state index contributed by atoms with van der Waals surface area (Å²) in [7, 11) is -2.82. The molecule has 0 amide bonds. The maximum atomic E-state index is 11.7. The zero-order chi connectivity index (χ0) is 17.3. The van der Waals surface area contributed by atoms with Crippen LogP contribution in [-0.2, 0) is 14.6 Å². The largest absolute Gasteiger partial charge is 0.381 e. The number of sulfone groups is 1. The van der Waals surface area contributed by atoms with Gasteiger partial charge in [0, 0.05) is 31.7 Å². The fourth-order valence-electron chi connectivity index (χ4n) is 4.97. The molecule has 0 aromatic heterocycles. The van der Waals surface area contributed by atoms with Crippen molar-refractivity contribution in [3.05, 3.63) is 0 Å². The minimum atomic E-state index is -2.82. The number of nitrogens with zero attached hydrogens (tertiary/aromatic N) is 1. The van der Waals surface area contributed by atoms with Gasteiger partial charge in [-0.1, -0.05) is 6.42 Å². The summed E-state index contributed by atoms with van der Waals surface area (Å²) in [5, 5.41) is 7.17. The molecule has 0 aromatic rings. The lowest BCUT2D eigenvalue weighted by atomic mass is 9.95. The molecule has 142 valence electrons. The van der Waals surface area contributed by atoms with Crippen molar-refractivity contribution in [1.82, 2.24) is 10.6 Å². The molecular weight excluding hydrogens is 338 g/mol. The van der Waals surface area contributed by atoms with Gasteiger partial charge in [-0.15, -0.1) is 0 Å². The Hall–Kier alpha value is -0.820. The van der Waals surface area contributed by atoms with Gasteiger partial charge in [0.1, 0.15) is 0 Å². The van der Waals surface area contributed by atoms with Gasteiger partial charge in [0.05, 0.1) is 18.1 Å². The van der Waals surface area contributed by atoms with Gasteiger partial charge < -0.3 is 15.4 Å². The summed E-state index contributed by atoms with van der Waals surface area (Å²) in [6.07, 6.45) is 7.21. The van der Waals surface area contributed by atoms with Gasteiger partial charge in [-0.2, -0.15) is 0 Å². The molecule has 25 heavy (non-hydrogen) atoms. The highest BCUT2D eigenvalue weighted by atomic mass is 32.2. The molecule has 4 aliphatic rings. The molecule has 4 fully saturated rings. The number of fused-ring (bicyclic) bond motifs is 2. The van der Waals surface area contributed by atoms with E-state index in [1.807, 2.05) is 0 Å². The lowest BCUT2D eigenvalue weighted by molar-refractivity contribution is 0.186. The fraction of sp³-hybridized carbons (Fsp3) is 0.944. The summed E-state index contributed by atoms with van der Waals surface area (Å²) in [5.41, 5.74) is 0. The van der Waals surface area contributed by atoms with E-state index in [2.05, 4.69) is 10.6 Å². The molecule has 2 heterocycles. The van der Waals surface area contributed by atoms with Crippen molar-refractivity contribution < 1.29 is 13.2 Å². The first-order valence-corrected chi connectivity index (χ1v) is 11.7. The van der Waals surface area contributed by atoms with E-state index in [1.165, 1.54) is 25.7 Å². The van der Waals surface area contributed by atoms with E-state index in [0.29, 0.717) is 30.0 Å². The van der Waals surface area contributed by atoms with E-state index in [4.69, 9.17) is 9.73 Å². The molecule has 2 aliphatic carbocycles. The van der Waals surface area contributed by atoms with Crippen molar-refractivity contribution in [1.29, 1.82) is 0 Å². The average Bonchev–Trinajstić information content (AvgIpc) is 3.35. The molecule has 0 spiro atoms. The SMILES string of the molecule is O=S1(=O)CCC(CN=C(NCC2CCOC2)NC2CC3CCC2C3)C1. The van der Waals surface area contributed by atoms with E-state index in [9.17, 15) is 8.42 Å². The normalized spacial score (nSPS) is 39.8. The average molecular weight is 370 g/mol. The second-order valence-electron chi connectivity index (χ2n) is 8.49. The maximum Gasteiger partial charge on any atom is 0.191 e. The first kappa shape index (κ1) is 17.6. The van der Waals surface area contributed by atoms with Crippen LogP contribution < -0.4 is 10.6 Å². The third-order valence-corrected chi connectivity index (χ3v) is 8.31. The molecule has 4 rings (SSSR count). The molecule has 6 nitrogen and oxygen atoms in total. The first-order chi connectivity index (χ1) is 12.1. The molecule has 0 radical (unpaired) electrons. The Bertz CT molecular complexity index is 601. The number of rotatable bonds is 5. The first-order valence-electron chi connectivity index (χ1n) is 9.90. The molecule has 5 unspecified atom stereocenters. The smallest absolute Gasteiger partial charge is 0.191 e. The number of hydrogen-bond acceptors (Lipinski definition) is 4. The molecule has 7 heteroatoms. The maximum absolute atomic E-state index is 11.7. The Morgan fingerprint density at radius 2 is 2.04 bits per heavy atom. The standard InChI is InChI=1S/C18H31N3O3S/c22-25(23)6-4-15(12-25)10-20-18(19-9-14-3-5-24-11-14)21-17-8-13-1-2-16(17)7-13/h13-17H,1-12H2,(H2,19,20,21). The summed E-state index contributed by atoms with van der Waals surface area (Å²) in [4.78, 5) is 4.77. The van der Waals surface area contributed by atoms with Gasteiger partial charge >= 0.3 is 0 Å². The van der Waals surface area contributed by atoms with E-state index < -0.39 is 9.84 Å². The minimum Gasteiger partial charge on any atom is -0.381 e. The van der Waals surface area contributed by atoms with Crippen molar-refractivity contribution in [2.75, 3.05) is 37.8 Å². The predicted molar refractivity (Wildman–Crippen MR) is 98.4 cm³/mol. The number of hydrogen-bond donors (Lipinski definition) is 2. The van der Waals surface area contributed by atoms with Crippen LogP contribution in [0.1, 0.15) is 38.5 Å². The number of aliphatic imine (C=N–C) groups is 1. The third kappa shape index (κ3) is 4.48. The Morgan fingerprint density at radius 3 is 2.68 bits per heavy atom. The Balaban J connectivity index is 1.35. The van der Waals surface area contributed by atoms with Crippen LogP contribution in [0, 0.1) is 23.7 Å². The molecular formula is C18H31N3O3S. The highest BCUT2D eigenvalue weighted by molar-refractivity contribution is 7.91. The number of guanidine groups is 1. The predicted octanol–water partition coefficient (Wildman–Crippen LogP) is 1.18. The van der Waals surface area contributed by atoms with Crippen LogP contribution in [0.5, 0.6) is 0 Å². The van der Waals surface area contributed by atoms with Gasteiger partial charge in [0.25, 0.3) is 0 Å². The molecule has 2 aliphatic heterocycles. The van der Waals surface area contributed by atoms with Crippen LogP contribution in [0.4, 0.5) is 0 Å². The van der Waals surface area contributed by atoms with Gasteiger partial charge in [-0.3, -0.25) is 4.99 Å². The summed E-state index contributed by atoms with van der Waals surface area (Å²) in [5.74, 6) is 3.93. The molecule has 2 bridgehead atoms. The lowest BCUT2D eigenvalue weighted by Crippen LogP contribution is -2.47. The topological polar surface area (TPSA) is 79.8 Å². The second kappa shape index (κ2) is 7.43. The summed E-state index contributed by atoms with van der Waals surface area (Å²) in [6, 6.07) is 0.539. The van der Waals surface area contributed by atoms with Crippen LogP contribution in [0.15, 0.2) is 4.99 Å². The van der Waals surface area contributed by atoms with Crippen LogP contribution in [0.3, 0.4) is 0 Å². The Kier molecular flexibility index (Phi) is 5.23. The number of nitrogens with one attached hydrogen (secondary N) is 2. The summed E-state index contributed by atoms with van der Waals surface area (Å²) >= 11 is 0. The van der Waals surface area contributed by atoms with Crippen LogP contribution >= 0.6 is 0 Å². The third-order valence-electron chi connectivity index (χ3n) is 6.48. The van der Waals surface area contributed by atoms with Crippen LogP contribution in [0.2, 0.25) is 0 Å². The zero-order valence-corrected chi connectivity index (χ0v) is 15.8. The highest BCUT2D eigenvalue weighted by Gasteiger charge is 2.40. The zero-order valence-electron chi connectivity index (χ0n) is 15.0. The van der Waals surface area contributed by atoms with Crippen molar-refractivity contribution in [3.63, 3.8) is 0 Å². The Labute approximate surface area is 151 Å². The van der Waals surface area contributed by atoms with E-state index >= 15 is 0 Å². The molecule has 2 saturated heterocycles. The number of ether oxygens (including phenoxy) is 1. The van der Waals surface area contributed by atoms with Crippen molar-refractivity contribution in [2.45, 2.75) is 44.6 Å². The fourth-order valence-corrected chi connectivity index (χ4v) is 6.82. The quantitative estimate of drug-likeness (QED) is 0.562. The van der Waals surface area contributed by atoms with E-state index in [0.717, 1.165) is 50.4 Å². The van der Waals surface area contributed by atoms with E-state index in [1.54, 1.807) is 0 Å². The Morgan fingerprint density at radius 1 is 1.12 bits per heavy atom. The molecule has 5 atom stereocenters. The van der Waals surface area contributed by atoms with Crippen molar-refractivity contribution in [3.8, 4) is 0 Å². The summed E-state index contributed by atoms with van der Waals surface area (Å²) < 4.78 is 28.8. The minimum absolute atomic E-state index is 0.179. The van der Waals surface area contributed by atoms with Crippen LogP contribution in [-0.4, -0.2) is 58.2 Å². The van der Waals surface area contributed by atoms with Gasteiger partial charge in [-0.05, 0) is 49.9 Å². The summed E-state index contributed by atoms with van der Waals surface area (Å²) in [6.45, 7) is 3.18. The molecule has 0 aromatic carbocycles. The van der Waals surface area contributed by atoms with Crippen LogP contribution in [0.25, 0.3) is 0 Å². The second-order valence-corrected chi connectivity index (χ2v) is 10.7. The van der Waals surface area contributed by atoms with E-state index in [-0.39, 0.29) is 5.92 Å². The lowest BCUT2D eigenvalue weighted by Gasteiger charge is -2.26. The highest BCUT2D eigenvalue weighted by Crippen LogP contribution is 2.44.